The highest BCUT2D eigenvalue weighted by molar-refractivity contribution is 7.99. The average Bonchev–Trinajstić information content (AvgIpc) is 2.44. The van der Waals surface area contributed by atoms with Gasteiger partial charge in [-0.1, -0.05) is 0 Å². The van der Waals surface area contributed by atoms with E-state index in [9.17, 15) is 4.79 Å². The maximum absolute atomic E-state index is 11.2. The van der Waals surface area contributed by atoms with Crippen LogP contribution < -0.4 is 5.73 Å². The molecule has 0 aromatic rings. The number of hydrogen-bond acceptors (Lipinski definition) is 4. The molecule has 1 atom stereocenters. The Labute approximate surface area is 132 Å². The number of nitrogens with two attached hydrogens (primary N) is 1. The molecule has 4 bridgehead atoms. The first-order chi connectivity index (χ1) is 10.1. The second kappa shape index (κ2) is 6.49. The second-order valence-electron chi connectivity index (χ2n) is 7.70. The third-order valence-electron chi connectivity index (χ3n) is 6.02. The van der Waals surface area contributed by atoms with Crippen LogP contribution in [0.4, 0.5) is 0 Å². The highest BCUT2D eigenvalue weighted by Gasteiger charge is 2.50. The van der Waals surface area contributed by atoms with Crippen LogP contribution in [-0.4, -0.2) is 30.6 Å². The van der Waals surface area contributed by atoms with Crippen LogP contribution in [0.3, 0.4) is 0 Å². The lowest BCUT2D eigenvalue weighted by Gasteiger charge is -2.57. The van der Waals surface area contributed by atoms with Crippen molar-refractivity contribution >= 4 is 17.7 Å². The Morgan fingerprint density at radius 1 is 1.19 bits per heavy atom. The van der Waals surface area contributed by atoms with Crippen LogP contribution in [0.2, 0.25) is 0 Å². The lowest BCUT2D eigenvalue weighted by atomic mass is 9.49. The molecule has 4 fully saturated rings. The van der Waals surface area contributed by atoms with Crippen LogP contribution >= 0.6 is 11.8 Å². The summed E-state index contributed by atoms with van der Waals surface area (Å²) in [7, 11) is 1.41. The van der Waals surface area contributed by atoms with Gasteiger partial charge in [0, 0.05) is 0 Å². The maximum Gasteiger partial charge on any atom is 0.322 e. The van der Waals surface area contributed by atoms with Gasteiger partial charge in [-0.2, -0.15) is 11.8 Å². The summed E-state index contributed by atoms with van der Waals surface area (Å²) in [5.41, 5.74) is 6.46. The van der Waals surface area contributed by atoms with Crippen molar-refractivity contribution in [2.24, 2.45) is 28.9 Å². The molecule has 0 spiro atoms. The van der Waals surface area contributed by atoms with Crippen LogP contribution in [0, 0.1) is 23.2 Å². The van der Waals surface area contributed by atoms with Crippen molar-refractivity contribution in [1.29, 1.82) is 0 Å². The molecule has 0 radical (unpaired) electrons. The Morgan fingerprint density at radius 2 is 1.76 bits per heavy atom. The molecule has 0 saturated heterocycles. The van der Waals surface area contributed by atoms with Crippen molar-refractivity contribution in [2.75, 3.05) is 18.6 Å². The smallest absolute Gasteiger partial charge is 0.322 e. The van der Waals surface area contributed by atoms with Gasteiger partial charge in [-0.3, -0.25) is 4.79 Å². The Kier molecular flexibility index (Phi) is 4.84. The standard InChI is InChI=1S/C17H29NO2S/c1-20-16(19)15(18)2-4-21-5-3-17-9-12-6-13(10-17)8-14(7-12)11-17/h12-15H,2-11,18H2,1H3. The molecule has 21 heavy (non-hydrogen) atoms. The molecule has 4 aliphatic rings. The highest BCUT2D eigenvalue weighted by Crippen LogP contribution is 2.61. The van der Waals surface area contributed by atoms with E-state index in [1.165, 1.54) is 57.8 Å². The van der Waals surface area contributed by atoms with Gasteiger partial charge in [0.1, 0.15) is 6.04 Å². The Bertz CT molecular complexity index is 350. The number of methoxy groups -OCH3 is 1. The molecule has 3 nitrogen and oxygen atoms in total. The van der Waals surface area contributed by atoms with Crippen LogP contribution in [0.15, 0.2) is 0 Å². The molecule has 120 valence electrons. The molecule has 0 heterocycles. The van der Waals surface area contributed by atoms with Crippen molar-refractivity contribution in [1.82, 2.24) is 0 Å². The third-order valence-corrected chi connectivity index (χ3v) is 7.04. The maximum atomic E-state index is 11.2. The number of hydrogen-bond donors (Lipinski definition) is 1. The van der Waals surface area contributed by atoms with Gasteiger partial charge in [0.15, 0.2) is 0 Å². The van der Waals surface area contributed by atoms with E-state index in [-0.39, 0.29) is 5.97 Å². The van der Waals surface area contributed by atoms with E-state index in [0.29, 0.717) is 5.41 Å². The number of ether oxygens (including phenoxy) is 1. The lowest BCUT2D eigenvalue weighted by molar-refractivity contribution is -0.142. The largest absolute Gasteiger partial charge is 0.468 e. The van der Waals surface area contributed by atoms with Crippen molar-refractivity contribution in [3.8, 4) is 0 Å². The summed E-state index contributed by atoms with van der Waals surface area (Å²) < 4.78 is 4.66. The predicted molar refractivity (Wildman–Crippen MR) is 87.2 cm³/mol. The van der Waals surface area contributed by atoms with Gasteiger partial charge in [0.25, 0.3) is 0 Å². The first kappa shape index (κ1) is 15.7. The lowest BCUT2D eigenvalue weighted by Crippen LogP contribution is -2.46. The van der Waals surface area contributed by atoms with Crippen molar-refractivity contribution in [3.63, 3.8) is 0 Å². The van der Waals surface area contributed by atoms with E-state index in [1.54, 1.807) is 0 Å². The molecule has 4 heteroatoms. The van der Waals surface area contributed by atoms with Crippen LogP contribution in [0.25, 0.3) is 0 Å². The normalized spacial score (nSPS) is 38.5. The van der Waals surface area contributed by atoms with E-state index >= 15 is 0 Å². The fourth-order valence-electron chi connectivity index (χ4n) is 5.47. The number of rotatable bonds is 7. The zero-order valence-corrected chi connectivity index (χ0v) is 14.0. The summed E-state index contributed by atoms with van der Waals surface area (Å²) in [6.07, 6.45) is 11.2. The number of esters is 1. The minimum Gasteiger partial charge on any atom is -0.468 e. The average molecular weight is 311 g/mol. The molecule has 0 aromatic carbocycles. The topological polar surface area (TPSA) is 52.3 Å². The third kappa shape index (κ3) is 3.58. The molecule has 0 aliphatic heterocycles. The van der Waals surface area contributed by atoms with E-state index in [4.69, 9.17) is 5.73 Å². The van der Waals surface area contributed by atoms with Gasteiger partial charge >= 0.3 is 5.97 Å². The SMILES string of the molecule is COC(=O)C(N)CCSCCC12CC3CC(CC(C3)C1)C2. The first-order valence-electron chi connectivity index (χ1n) is 8.51. The van der Waals surface area contributed by atoms with Crippen LogP contribution in [0.1, 0.15) is 51.4 Å². The summed E-state index contributed by atoms with van der Waals surface area (Å²) >= 11 is 1.97. The molecule has 4 saturated carbocycles. The molecule has 0 aromatic heterocycles. The monoisotopic (exact) mass is 311 g/mol. The molecule has 4 aliphatic carbocycles. The summed E-state index contributed by atoms with van der Waals surface area (Å²) in [5, 5.41) is 0. The number of thioether (sulfide) groups is 1. The highest BCUT2D eigenvalue weighted by atomic mass is 32.2. The quantitative estimate of drug-likeness (QED) is 0.579. The minimum atomic E-state index is -0.443. The van der Waals surface area contributed by atoms with Gasteiger partial charge in [-0.15, -0.1) is 0 Å². The minimum absolute atomic E-state index is 0.281. The fraction of sp³-hybridized carbons (Fsp3) is 0.941. The zero-order valence-electron chi connectivity index (χ0n) is 13.2. The first-order valence-corrected chi connectivity index (χ1v) is 9.67. The van der Waals surface area contributed by atoms with Crippen molar-refractivity contribution < 1.29 is 9.53 Å². The van der Waals surface area contributed by atoms with Crippen LogP contribution in [0.5, 0.6) is 0 Å². The summed E-state index contributed by atoms with van der Waals surface area (Å²) in [6, 6.07) is -0.443. The van der Waals surface area contributed by atoms with Crippen molar-refractivity contribution in [3.05, 3.63) is 0 Å². The predicted octanol–water partition coefficient (Wildman–Crippen LogP) is 3.22. The number of carbonyl (C=O) groups is 1. The van der Waals surface area contributed by atoms with E-state index in [1.807, 2.05) is 11.8 Å². The fourth-order valence-corrected chi connectivity index (χ4v) is 6.67. The number of carbonyl (C=O) groups excluding carboxylic acids is 1. The Balaban J connectivity index is 1.37. The van der Waals surface area contributed by atoms with Gasteiger partial charge in [-0.05, 0) is 86.0 Å². The summed E-state index contributed by atoms with van der Waals surface area (Å²) in [5.74, 6) is 5.08. The molecular formula is C17H29NO2S. The molecule has 1 unspecified atom stereocenters. The second-order valence-corrected chi connectivity index (χ2v) is 8.92. The van der Waals surface area contributed by atoms with E-state index in [0.717, 1.165) is 29.9 Å². The van der Waals surface area contributed by atoms with Gasteiger partial charge in [-0.25, -0.2) is 0 Å². The zero-order chi connectivity index (χ0) is 14.9. The Hall–Kier alpha value is -0.220. The van der Waals surface area contributed by atoms with Crippen LogP contribution in [-0.2, 0) is 9.53 Å². The molecule has 2 N–H and O–H groups in total. The summed E-state index contributed by atoms with van der Waals surface area (Å²) in [6.45, 7) is 0. The van der Waals surface area contributed by atoms with Crippen molar-refractivity contribution in [2.45, 2.75) is 57.4 Å². The molecular weight excluding hydrogens is 282 g/mol. The molecule has 4 rings (SSSR count). The van der Waals surface area contributed by atoms with Gasteiger partial charge in [0.05, 0.1) is 7.11 Å². The van der Waals surface area contributed by atoms with Gasteiger partial charge in [0.2, 0.25) is 0 Å². The van der Waals surface area contributed by atoms with E-state index < -0.39 is 6.04 Å². The van der Waals surface area contributed by atoms with Gasteiger partial charge < -0.3 is 10.5 Å². The summed E-state index contributed by atoms with van der Waals surface area (Å²) in [4.78, 5) is 11.2. The van der Waals surface area contributed by atoms with E-state index in [2.05, 4.69) is 4.74 Å². The molecule has 0 amide bonds. The Morgan fingerprint density at radius 3 is 2.29 bits per heavy atom.